The van der Waals surface area contributed by atoms with E-state index >= 15 is 0 Å². The van der Waals surface area contributed by atoms with Gasteiger partial charge in [-0.25, -0.2) is 0 Å². The Morgan fingerprint density at radius 3 is 2.67 bits per heavy atom. The predicted octanol–water partition coefficient (Wildman–Crippen LogP) is 5.28. The molecule has 1 aliphatic rings. The molecule has 1 unspecified atom stereocenters. The average Bonchev–Trinajstić information content (AvgIpc) is 2.77. The van der Waals surface area contributed by atoms with Gasteiger partial charge in [0.05, 0.1) is 0 Å². The van der Waals surface area contributed by atoms with E-state index in [1.165, 1.54) is 42.5 Å². The number of thiophene rings is 1. The normalized spacial score (nSPS) is 16.3. The van der Waals surface area contributed by atoms with Crippen molar-refractivity contribution in [3.05, 3.63) is 55.7 Å². The third kappa shape index (κ3) is 3.77. The molecule has 21 heavy (non-hydrogen) atoms. The first-order chi connectivity index (χ1) is 10.3. The van der Waals surface area contributed by atoms with Gasteiger partial charge in [-0.2, -0.15) is 0 Å². The van der Waals surface area contributed by atoms with Crippen LogP contribution in [0.3, 0.4) is 0 Å². The molecule has 1 atom stereocenters. The molecule has 0 saturated heterocycles. The molecule has 3 heteroatoms. The lowest BCUT2D eigenvalue weighted by Crippen LogP contribution is -2.17. The van der Waals surface area contributed by atoms with Crippen molar-refractivity contribution in [1.29, 1.82) is 0 Å². The molecule has 1 heterocycles. The predicted molar refractivity (Wildman–Crippen MR) is 95.2 cm³/mol. The number of aryl methyl sites for hydroxylation is 2. The van der Waals surface area contributed by atoms with Crippen LogP contribution in [0.5, 0.6) is 0 Å². The van der Waals surface area contributed by atoms with Crippen LogP contribution in [-0.2, 0) is 19.3 Å². The number of rotatable bonds is 4. The van der Waals surface area contributed by atoms with Gasteiger partial charge in [-0.05, 0) is 68.5 Å². The van der Waals surface area contributed by atoms with Gasteiger partial charge in [-0.3, -0.25) is 0 Å². The Morgan fingerprint density at radius 2 is 1.90 bits per heavy atom. The van der Waals surface area contributed by atoms with E-state index in [1.54, 1.807) is 10.4 Å². The molecule has 2 aromatic rings. The lowest BCUT2D eigenvalue weighted by Gasteiger charge is -2.14. The van der Waals surface area contributed by atoms with Crippen molar-refractivity contribution in [3.63, 3.8) is 0 Å². The minimum absolute atomic E-state index is 0.433. The minimum Gasteiger partial charge on any atom is -0.312 e. The maximum Gasteiger partial charge on any atom is 0.0453 e. The number of nitrogens with one attached hydrogen (secondary N) is 1. The third-order valence-corrected chi connectivity index (χ3v) is 6.19. The fraction of sp³-hybridized carbons (Fsp3) is 0.444. The fourth-order valence-electron chi connectivity index (χ4n) is 3.06. The summed E-state index contributed by atoms with van der Waals surface area (Å²) in [5.74, 6) is 0. The van der Waals surface area contributed by atoms with Crippen LogP contribution in [0.15, 0.2) is 34.8 Å². The highest BCUT2D eigenvalue weighted by atomic mass is 79.9. The van der Waals surface area contributed by atoms with Crippen molar-refractivity contribution >= 4 is 27.3 Å². The molecule has 0 bridgehead atoms. The highest BCUT2D eigenvalue weighted by Gasteiger charge is 2.17. The second-order valence-electron chi connectivity index (χ2n) is 5.83. The monoisotopic (exact) mass is 363 g/mol. The summed E-state index contributed by atoms with van der Waals surface area (Å²) in [5, 5.41) is 3.50. The molecule has 1 nitrogen and oxygen atoms in total. The third-order valence-electron chi connectivity index (χ3n) is 4.31. The number of hydrogen-bond donors (Lipinski definition) is 1. The number of benzene rings is 1. The Morgan fingerprint density at radius 1 is 1.14 bits per heavy atom. The summed E-state index contributed by atoms with van der Waals surface area (Å²) < 4.78 is 1.15. The lowest BCUT2D eigenvalue weighted by molar-refractivity contribution is 0.601. The summed E-state index contributed by atoms with van der Waals surface area (Å²) in [6.45, 7) is 0. The number of hydrogen-bond acceptors (Lipinski definition) is 2. The summed E-state index contributed by atoms with van der Waals surface area (Å²) in [6.07, 6.45) is 7.74. The molecule has 0 amide bonds. The second-order valence-corrected chi connectivity index (χ2v) is 7.91. The fourth-order valence-corrected chi connectivity index (χ4v) is 4.70. The zero-order valence-electron chi connectivity index (χ0n) is 12.5. The van der Waals surface area contributed by atoms with E-state index in [-0.39, 0.29) is 0 Å². The standard InChI is InChI=1S/C18H22BrNS/c1-20-16(11-13-7-9-15(19)10-8-13)18-12-14-5-3-2-4-6-17(14)21-18/h7-10,12,16,20H,2-6,11H2,1H3. The van der Waals surface area contributed by atoms with Crippen LogP contribution in [0.4, 0.5) is 0 Å². The summed E-state index contributed by atoms with van der Waals surface area (Å²) in [7, 11) is 2.08. The SMILES string of the molecule is CNC(Cc1ccc(Br)cc1)c1cc2c(s1)CCCCC2. The first-order valence-corrected chi connectivity index (χ1v) is 9.40. The number of fused-ring (bicyclic) bond motifs is 1. The molecule has 112 valence electrons. The topological polar surface area (TPSA) is 12.0 Å². The second kappa shape index (κ2) is 7.08. The number of halogens is 1. The molecule has 0 saturated carbocycles. The molecule has 0 aliphatic heterocycles. The molecule has 0 radical (unpaired) electrons. The van der Waals surface area contributed by atoms with Gasteiger partial charge in [-0.15, -0.1) is 11.3 Å². The van der Waals surface area contributed by atoms with Crippen molar-refractivity contribution < 1.29 is 0 Å². The average molecular weight is 364 g/mol. The van der Waals surface area contributed by atoms with Gasteiger partial charge in [0.1, 0.15) is 0 Å². The van der Waals surface area contributed by atoms with Crippen LogP contribution < -0.4 is 5.32 Å². The first kappa shape index (κ1) is 15.3. The summed E-state index contributed by atoms with van der Waals surface area (Å²) in [4.78, 5) is 3.14. The van der Waals surface area contributed by atoms with E-state index in [0.717, 1.165) is 10.9 Å². The van der Waals surface area contributed by atoms with Gasteiger partial charge >= 0.3 is 0 Å². The van der Waals surface area contributed by atoms with Crippen LogP contribution >= 0.6 is 27.3 Å². The minimum atomic E-state index is 0.433. The molecule has 1 aromatic heterocycles. The van der Waals surface area contributed by atoms with Gasteiger partial charge in [0.25, 0.3) is 0 Å². The van der Waals surface area contributed by atoms with E-state index < -0.39 is 0 Å². The quantitative estimate of drug-likeness (QED) is 0.728. The molecule has 0 spiro atoms. The van der Waals surface area contributed by atoms with Crippen LogP contribution in [0.25, 0.3) is 0 Å². The van der Waals surface area contributed by atoms with E-state index in [4.69, 9.17) is 0 Å². The van der Waals surface area contributed by atoms with E-state index in [1.807, 2.05) is 11.3 Å². The van der Waals surface area contributed by atoms with Gasteiger partial charge in [0.15, 0.2) is 0 Å². The van der Waals surface area contributed by atoms with Crippen LogP contribution in [0.1, 0.15) is 46.2 Å². The zero-order chi connectivity index (χ0) is 14.7. The maximum atomic E-state index is 3.51. The largest absolute Gasteiger partial charge is 0.312 e. The summed E-state index contributed by atoms with van der Waals surface area (Å²) in [5.41, 5.74) is 3.00. The van der Waals surface area contributed by atoms with E-state index in [9.17, 15) is 0 Å². The van der Waals surface area contributed by atoms with Gasteiger partial charge in [0.2, 0.25) is 0 Å². The molecule has 1 N–H and O–H groups in total. The first-order valence-electron chi connectivity index (χ1n) is 7.79. The molecule has 3 rings (SSSR count). The van der Waals surface area contributed by atoms with Gasteiger partial charge in [-0.1, -0.05) is 34.5 Å². The van der Waals surface area contributed by atoms with Gasteiger partial charge in [0, 0.05) is 20.3 Å². The molecular weight excluding hydrogens is 342 g/mol. The highest BCUT2D eigenvalue weighted by Crippen LogP contribution is 2.33. The smallest absolute Gasteiger partial charge is 0.0453 e. The Labute approximate surface area is 139 Å². The Kier molecular flexibility index (Phi) is 5.15. The zero-order valence-corrected chi connectivity index (χ0v) is 14.9. The Balaban J connectivity index is 1.78. The summed E-state index contributed by atoms with van der Waals surface area (Å²) >= 11 is 5.54. The van der Waals surface area contributed by atoms with Crippen molar-refractivity contribution in [1.82, 2.24) is 5.32 Å². The highest BCUT2D eigenvalue weighted by molar-refractivity contribution is 9.10. The molecule has 1 aromatic carbocycles. The molecule has 1 aliphatic carbocycles. The number of likely N-dealkylation sites (N-methyl/N-ethyl adjacent to an activating group) is 1. The van der Waals surface area contributed by atoms with Crippen molar-refractivity contribution in [2.24, 2.45) is 0 Å². The van der Waals surface area contributed by atoms with Crippen molar-refractivity contribution in [2.45, 2.75) is 44.6 Å². The maximum absolute atomic E-state index is 3.51. The van der Waals surface area contributed by atoms with Gasteiger partial charge < -0.3 is 5.32 Å². The van der Waals surface area contributed by atoms with Crippen LogP contribution in [0, 0.1) is 0 Å². The van der Waals surface area contributed by atoms with E-state index in [2.05, 4.69) is 58.6 Å². The Hall–Kier alpha value is -0.640. The van der Waals surface area contributed by atoms with E-state index in [0.29, 0.717) is 6.04 Å². The lowest BCUT2D eigenvalue weighted by atomic mass is 10.0. The van der Waals surface area contributed by atoms with Crippen LogP contribution in [-0.4, -0.2) is 7.05 Å². The van der Waals surface area contributed by atoms with Crippen molar-refractivity contribution in [2.75, 3.05) is 7.05 Å². The summed E-state index contributed by atoms with van der Waals surface area (Å²) in [6, 6.07) is 11.6. The molecular formula is C18H22BrNS. The molecule has 0 fully saturated rings. The van der Waals surface area contributed by atoms with Crippen LogP contribution in [0.2, 0.25) is 0 Å². The Bertz CT molecular complexity index is 564. The van der Waals surface area contributed by atoms with Crippen molar-refractivity contribution in [3.8, 4) is 0 Å².